The molecule has 0 aliphatic heterocycles. The summed E-state index contributed by atoms with van der Waals surface area (Å²) in [6, 6.07) is 9.13. The van der Waals surface area contributed by atoms with E-state index in [1.807, 2.05) is 30.3 Å². The number of thioether (sulfide) groups is 1. The van der Waals surface area contributed by atoms with Gasteiger partial charge in [-0.2, -0.15) is 11.8 Å². The molecule has 186 valence electrons. The third-order valence-electron chi connectivity index (χ3n) is 5.70. The Morgan fingerprint density at radius 2 is 1.45 bits per heavy atom. The second-order valence-corrected chi connectivity index (χ2v) is 9.82. The van der Waals surface area contributed by atoms with Gasteiger partial charge in [0.25, 0.3) is 0 Å². The van der Waals surface area contributed by atoms with Crippen LogP contribution in [0.4, 0.5) is 0 Å². The van der Waals surface area contributed by atoms with Crippen LogP contribution in [-0.4, -0.2) is 28.8 Å². The maximum absolute atomic E-state index is 12.1. The first-order valence-electron chi connectivity index (χ1n) is 12.9. The molecule has 33 heavy (non-hydrogen) atoms. The molecular weight excluding hydrogens is 430 g/mol. The maximum Gasteiger partial charge on any atom is 0.327 e. The second kappa shape index (κ2) is 20.8. The van der Waals surface area contributed by atoms with E-state index in [0.29, 0.717) is 12.2 Å². The highest BCUT2D eigenvalue weighted by atomic mass is 32.2. The van der Waals surface area contributed by atoms with Gasteiger partial charge in [-0.25, -0.2) is 4.79 Å². The Bertz CT molecular complexity index is 648. The molecule has 0 spiro atoms. The predicted molar refractivity (Wildman–Crippen MR) is 142 cm³/mol. The fourth-order valence-electron chi connectivity index (χ4n) is 3.67. The molecule has 5 heteroatoms. The summed E-state index contributed by atoms with van der Waals surface area (Å²) >= 11 is 1.53. The fraction of sp³-hybridized carbons (Fsp3) is 0.643. The standard InChI is InChI=1S/C28H45NO3S/c1-2-3-4-5-6-7-8-9-10-11-12-13-14-15-19-22-27(30)29-26(28(31)32)24-33-23-25-20-17-16-18-21-25/h9-10,16-18,20-21,26H,2-8,11-15,19,22-24H2,1H3,(H,29,30)(H,31,32)/b10-9-/t26-/m0/s1. The zero-order chi connectivity index (χ0) is 24.0. The van der Waals surface area contributed by atoms with Gasteiger partial charge in [-0.1, -0.05) is 101 Å². The van der Waals surface area contributed by atoms with E-state index in [9.17, 15) is 14.7 Å². The average Bonchev–Trinajstić information content (AvgIpc) is 2.81. The van der Waals surface area contributed by atoms with Gasteiger partial charge in [-0.15, -0.1) is 0 Å². The molecule has 4 nitrogen and oxygen atoms in total. The molecular formula is C28H45NO3S. The van der Waals surface area contributed by atoms with Gasteiger partial charge in [-0.05, 0) is 37.7 Å². The number of hydrogen-bond donors (Lipinski definition) is 2. The molecule has 0 aromatic heterocycles. The van der Waals surface area contributed by atoms with Gasteiger partial charge < -0.3 is 10.4 Å². The lowest BCUT2D eigenvalue weighted by Crippen LogP contribution is -2.42. The minimum atomic E-state index is -0.964. The molecule has 0 saturated carbocycles. The van der Waals surface area contributed by atoms with Crippen LogP contribution in [0.25, 0.3) is 0 Å². The first kappa shape index (κ1) is 29.3. The fourth-order valence-corrected chi connectivity index (χ4v) is 4.67. The molecule has 1 amide bonds. The first-order valence-corrected chi connectivity index (χ1v) is 14.1. The van der Waals surface area contributed by atoms with Gasteiger partial charge in [-0.3, -0.25) is 4.79 Å². The third-order valence-corrected chi connectivity index (χ3v) is 6.80. The van der Waals surface area contributed by atoms with Crippen molar-refractivity contribution in [2.75, 3.05) is 5.75 Å². The molecule has 0 unspecified atom stereocenters. The van der Waals surface area contributed by atoms with Crippen LogP contribution in [0.5, 0.6) is 0 Å². The number of unbranched alkanes of at least 4 members (excludes halogenated alkanes) is 11. The van der Waals surface area contributed by atoms with Crippen LogP contribution in [0.1, 0.15) is 102 Å². The molecule has 0 radical (unpaired) electrons. The van der Waals surface area contributed by atoms with E-state index in [4.69, 9.17) is 0 Å². The van der Waals surface area contributed by atoms with Crippen molar-refractivity contribution in [2.45, 2.75) is 109 Å². The SMILES string of the molecule is CCCCCCCC/C=C\CCCCCCCC(=O)N[C@@H](CSCc1ccccc1)C(=O)O. The molecule has 0 bridgehead atoms. The molecule has 0 fully saturated rings. The summed E-state index contributed by atoms with van der Waals surface area (Å²) in [4.78, 5) is 23.6. The smallest absolute Gasteiger partial charge is 0.327 e. The number of allylic oxidation sites excluding steroid dienone is 2. The molecule has 0 aliphatic carbocycles. The Morgan fingerprint density at radius 1 is 0.879 bits per heavy atom. The molecule has 2 N–H and O–H groups in total. The van der Waals surface area contributed by atoms with Gasteiger partial charge in [0, 0.05) is 17.9 Å². The van der Waals surface area contributed by atoms with E-state index in [0.717, 1.165) is 37.0 Å². The highest BCUT2D eigenvalue weighted by Gasteiger charge is 2.19. The number of aliphatic carboxylic acids is 1. The number of rotatable bonds is 21. The summed E-state index contributed by atoms with van der Waals surface area (Å²) in [5.74, 6) is 0.00524. The van der Waals surface area contributed by atoms with Crippen LogP contribution in [0, 0.1) is 0 Å². The van der Waals surface area contributed by atoms with Crippen LogP contribution < -0.4 is 5.32 Å². The maximum atomic E-state index is 12.1. The van der Waals surface area contributed by atoms with Crippen LogP contribution in [0.3, 0.4) is 0 Å². The van der Waals surface area contributed by atoms with Gasteiger partial charge >= 0.3 is 5.97 Å². The Hall–Kier alpha value is -1.75. The van der Waals surface area contributed by atoms with Crippen LogP contribution in [0.15, 0.2) is 42.5 Å². The van der Waals surface area contributed by atoms with Crippen LogP contribution >= 0.6 is 11.8 Å². The van der Waals surface area contributed by atoms with Gasteiger partial charge in [0.1, 0.15) is 6.04 Å². The molecule has 1 aromatic carbocycles. The zero-order valence-electron chi connectivity index (χ0n) is 20.6. The minimum Gasteiger partial charge on any atom is -0.480 e. The molecule has 0 heterocycles. The Kier molecular flexibility index (Phi) is 18.5. The molecule has 0 aliphatic rings. The third kappa shape index (κ3) is 17.4. The number of carbonyl (C=O) groups excluding carboxylic acids is 1. The van der Waals surface area contributed by atoms with E-state index in [-0.39, 0.29) is 5.91 Å². The van der Waals surface area contributed by atoms with Gasteiger partial charge in [0.2, 0.25) is 5.91 Å². The number of hydrogen-bond acceptors (Lipinski definition) is 3. The van der Waals surface area contributed by atoms with Crippen molar-refractivity contribution in [1.29, 1.82) is 0 Å². The highest BCUT2D eigenvalue weighted by molar-refractivity contribution is 7.98. The van der Waals surface area contributed by atoms with Crippen LogP contribution in [-0.2, 0) is 15.3 Å². The largest absolute Gasteiger partial charge is 0.480 e. The summed E-state index contributed by atoms with van der Waals surface area (Å²) in [5, 5.41) is 12.1. The molecule has 1 aromatic rings. The normalized spacial score (nSPS) is 12.2. The predicted octanol–water partition coefficient (Wildman–Crippen LogP) is 7.53. The van der Waals surface area contributed by atoms with E-state index < -0.39 is 12.0 Å². The highest BCUT2D eigenvalue weighted by Crippen LogP contribution is 2.14. The van der Waals surface area contributed by atoms with Crippen molar-refractivity contribution < 1.29 is 14.7 Å². The lowest BCUT2D eigenvalue weighted by Gasteiger charge is -2.14. The number of carbonyl (C=O) groups is 2. The lowest BCUT2D eigenvalue weighted by molar-refractivity contribution is -0.141. The van der Waals surface area contributed by atoms with Gasteiger partial charge in [0.15, 0.2) is 0 Å². The Morgan fingerprint density at radius 3 is 2.06 bits per heavy atom. The van der Waals surface area contributed by atoms with Crippen molar-refractivity contribution in [3.05, 3.63) is 48.0 Å². The summed E-state index contributed by atoms with van der Waals surface area (Å²) in [5.41, 5.74) is 1.16. The van der Waals surface area contributed by atoms with E-state index in [2.05, 4.69) is 24.4 Å². The summed E-state index contributed by atoms with van der Waals surface area (Å²) < 4.78 is 0. The van der Waals surface area contributed by atoms with Crippen molar-refractivity contribution in [3.63, 3.8) is 0 Å². The number of carboxylic acids is 1. The quantitative estimate of drug-likeness (QED) is 0.142. The van der Waals surface area contributed by atoms with Crippen molar-refractivity contribution >= 4 is 23.6 Å². The topological polar surface area (TPSA) is 66.4 Å². The van der Waals surface area contributed by atoms with Crippen molar-refractivity contribution in [2.24, 2.45) is 0 Å². The Balaban J connectivity index is 1.99. The molecule has 1 rings (SSSR count). The second-order valence-electron chi connectivity index (χ2n) is 8.79. The number of benzene rings is 1. The van der Waals surface area contributed by atoms with E-state index in [1.54, 1.807) is 0 Å². The number of nitrogens with one attached hydrogen (secondary N) is 1. The first-order chi connectivity index (χ1) is 16.1. The van der Waals surface area contributed by atoms with Gasteiger partial charge in [0.05, 0.1) is 0 Å². The average molecular weight is 476 g/mol. The van der Waals surface area contributed by atoms with E-state index >= 15 is 0 Å². The zero-order valence-corrected chi connectivity index (χ0v) is 21.4. The van der Waals surface area contributed by atoms with Crippen molar-refractivity contribution in [3.8, 4) is 0 Å². The monoisotopic (exact) mass is 475 g/mol. The number of carboxylic acid groups (broad SMARTS) is 1. The summed E-state index contributed by atoms with van der Waals surface area (Å²) in [6.07, 6.45) is 20.9. The minimum absolute atomic E-state index is 0.152. The van der Waals surface area contributed by atoms with Crippen LogP contribution in [0.2, 0.25) is 0 Å². The summed E-state index contributed by atoms with van der Waals surface area (Å²) in [6.45, 7) is 2.26. The summed E-state index contributed by atoms with van der Waals surface area (Å²) in [7, 11) is 0. The lowest BCUT2D eigenvalue weighted by atomic mass is 10.1. The van der Waals surface area contributed by atoms with E-state index in [1.165, 1.54) is 69.5 Å². The van der Waals surface area contributed by atoms with Crippen molar-refractivity contribution in [1.82, 2.24) is 5.32 Å². The Labute approximate surface area is 206 Å². The number of amides is 1. The molecule has 0 saturated heterocycles. The molecule has 1 atom stereocenters.